The molecule has 1 aromatic rings. The second-order valence-corrected chi connectivity index (χ2v) is 7.72. The number of nitrogens with two attached hydrogens (primary N) is 1. The van der Waals surface area contributed by atoms with Gasteiger partial charge in [0.1, 0.15) is 24.2 Å². The minimum absolute atomic E-state index is 0. The summed E-state index contributed by atoms with van der Waals surface area (Å²) >= 11 is 2.44. The van der Waals surface area contributed by atoms with Gasteiger partial charge in [-0.15, -0.1) is 23.1 Å². The molecular weight excluding hydrogens is 433 g/mol. The molecule has 3 N–H and O–H groups in total. The number of amides is 2. The van der Waals surface area contributed by atoms with E-state index in [9.17, 15) is 19.5 Å². The Kier molecular flexibility index (Phi) is 8.08. The van der Waals surface area contributed by atoms with Crippen molar-refractivity contribution < 1.29 is 58.6 Å². The normalized spacial score (nSPS) is 21.1. The van der Waals surface area contributed by atoms with Gasteiger partial charge in [0.15, 0.2) is 10.8 Å². The van der Waals surface area contributed by atoms with Crippen LogP contribution in [0.4, 0.5) is 5.13 Å². The number of oxime groups is 1. The number of methoxy groups -OCH3 is 1. The Labute approximate surface area is 196 Å². The smallest absolute Gasteiger partial charge is 0.543 e. The Morgan fingerprint density at radius 2 is 2.21 bits per heavy atom. The predicted molar refractivity (Wildman–Crippen MR) is 99.0 cm³/mol. The van der Waals surface area contributed by atoms with E-state index in [-0.39, 0.29) is 58.4 Å². The fourth-order valence-electron chi connectivity index (χ4n) is 2.86. The van der Waals surface area contributed by atoms with Crippen molar-refractivity contribution in [2.45, 2.75) is 11.4 Å². The van der Waals surface area contributed by atoms with Crippen molar-refractivity contribution in [1.29, 1.82) is 0 Å². The number of anilines is 1. The first kappa shape index (κ1) is 23.6. The summed E-state index contributed by atoms with van der Waals surface area (Å²) in [5.74, 6) is -2.38. The van der Waals surface area contributed by atoms with Crippen LogP contribution in [-0.2, 0) is 24.0 Å². The number of carbonyl (C=O) groups is 3. The molecule has 1 fully saturated rings. The molecule has 14 heteroatoms. The second kappa shape index (κ2) is 9.91. The Balaban J connectivity index is 0.00000300. The molecule has 2 aliphatic rings. The maximum atomic E-state index is 12.6. The van der Waals surface area contributed by atoms with E-state index >= 15 is 0 Å². The van der Waals surface area contributed by atoms with Gasteiger partial charge in [0.05, 0.1) is 18.3 Å². The van der Waals surface area contributed by atoms with Crippen LogP contribution < -0.4 is 45.7 Å². The number of hydrogen-bond donors (Lipinski definition) is 2. The quantitative estimate of drug-likeness (QED) is 0.180. The molecule has 3 rings (SSSR count). The molecule has 2 atom stereocenters. The van der Waals surface area contributed by atoms with E-state index in [1.165, 1.54) is 31.4 Å². The number of fused-ring (bicyclic) bond motifs is 1. The summed E-state index contributed by atoms with van der Waals surface area (Å²) in [6.07, 6.45) is 0. The van der Waals surface area contributed by atoms with Crippen LogP contribution >= 0.6 is 23.1 Å². The van der Waals surface area contributed by atoms with Crippen molar-refractivity contribution in [1.82, 2.24) is 15.2 Å². The number of thiazole rings is 1. The van der Waals surface area contributed by atoms with E-state index in [0.29, 0.717) is 11.3 Å². The molecule has 2 unspecified atom stereocenters. The molecule has 1 aromatic heterocycles. The van der Waals surface area contributed by atoms with Gasteiger partial charge in [-0.25, -0.2) is 4.98 Å². The number of aliphatic carboxylic acids is 1. The van der Waals surface area contributed by atoms with Crippen LogP contribution in [0.15, 0.2) is 21.8 Å². The van der Waals surface area contributed by atoms with Crippen LogP contribution in [-0.4, -0.2) is 71.4 Å². The third-order valence-corrected chi connectivity index (χ3v) is 6.02. The van der Waals surface area contributed by atoms with E-state index in [1.807, 2.05) is 0 Å². The fraction of sp³-hybridized carbons (Fsp3) is 0.400. The summed E-state index contributed by atoms with van der Waals surface area (Å²) in [5.41, 5.74) is 5.88. The van der Waals surface area contributed by atoms with E-state index in [1.54, 1.807) is 0 Å². The first-order valence-electron chi connectivity index (χ1n) is 7.89. The van der Waals surface area contributed by atoms with Gasteiger partial charge in [0.25, 0.3) is 11.8 Å². The zero-order valence-electron chi connectivity index (χ0n) is 15.8. The molecule has 29 heavy (non-hydrogen) atoms. The number of carbonyl (C=O) groups excluding carboxylic acids is 3. The molecule has 0 saturated carbocycles. The summed E-state index contributed by atoms with van der Waals surface area (Å²) in [7, 11) is 2.70. The van der Waals surface area contributed by atoms with E-state index in [2.05, 4.69) is 20.3 Å². The Bertz CT molecular complexity index is 888. The number of nitrogens with one attached hydrogen (secondary N) is 1. The van der Waals surface area contributed by atoms with Gasteiger partial charge >= 0.3 is 29.6 Å². The van der Waals surface area contributed by atoms with E-state index in [0.717, 1.165) is 16.2 Å². The zero-order valence-corrected chi connectivity index (χ0v) is 19.5. The van der Waals surface area contributed by atoms with Crippen molar-refractivity contribution in [3.05, 3.63) is 22.3 Å². The minimum Gasteiger partial charge on any atom is -0.543 e. The maximum absolute atomic E-state index is 12.6. The maximum Gasteiger partial charge on any atom is 1.00 e. The molecule has 11 nitrogen and oxygen atoms in total. The molecule has 0 spiro atoms. The number of rotatable bonds is 7. The van der Waals surface area contributed by atoms with Crippen LogP contribution in [0.1, 0.15) is 5.69 Å². The van der Waals surface area contributed by atoms with Crippen LogP contribution in [0, 0.1) is 0 Å². The molecule has 0 aliphatic carbocycles. The number of thioether (sulfide) groups is 1. The van der Waals surface area contributed by atoms with Crippen molar-refractivity contribution in [3.8, 4) is 0 Å². The van der Waals surface area contributed by atoms with Crippen LogP contribution in [0.5, 0.6) is 0 Å². The topological polar surface area (TPSA) is 159 Å². The van der Waals surface area contributed by atoms with Gasteiger partial charge in [-0.1, -0.05) is 5.16 Å². The molecule has 2 aliphatic heterocycles. The SMILES string of the molecule is COCC1=C(C(=O)[O-])N2C(=O)C(NC(=O)/C(=N\OC)c3csc(N)n3)C2SC1.[Na+]. The van der Waals surface area contributed by atoms with Gasteiger partial charge in [-0.3, -0.25) is 14.5 Å². The van der Waals surface area contributed by atoms with Crippen LogP contribution in [0.25, 0.3) is 0 Å². The van der Waals surface area contributed by atoms with Gasteiger partial charge in [-0.05, 0) is 5.57 Å². The third kappa shape index (κ3) is 4.59. The van der Waals surface area contributed by atoms with E-state index in [4.69, 9.17) is 10.5 Å². The van der Waals surface area contributed by atoms with E-state index < -0.39 is 29.2 Å². The number of nitrogen functional groups attached to an aromatic ring is 1. The molecule has 1 saturated heterocycles. The van der Waals surface area contributed by atoms with Crippen molar-refractivity contribution in [2.24, 2.45) is 5.16 Å². The average Bonchev–Trinajstić information content (AvgIpc) is 3.09. The fourth-order valence-corrected chi connectivity index (χ4v) is 4.73. The molecule has 0 aromatic carbocycles. The van der Waals surface area contributed by atoms with Gasteiger partial charge in [0.2, 0.25) is 0 Å². The van der Waals surface area contributed by atoms with Crippen LogP contribution in [0.2, 0.25) is 0 Å². The number of carboxylic acids is 1. The van der Waals surface area contributed by atoms with Gasteiger partial charge < -0.3 is 30.5 Å². The van der Waals surface area contributed by atoms with Crippen LogP contribution in [0.3, 0.4) is 0 Å². The third-order valence-electron chi connectivity index (χ3n) is 4.01. The molecule has 0 radical (unpaired) electrons. The Morgan fingerprint density at radius 1 is 1.48 bits per heavy atom. The predicted octanol–water partition coefficient (Wildman–Crippen LogP) is -4.87. The summed E-state index contributed by atoms with van der Waals surface area (Å²) in [6.45, 7) is 0.0692. The molecule has 0 bridgehead atoms. The van der Waals surface area contributed by atoms with Crippen molar-refractivity contribution in [2.75, 3.05) is 32.3 Å². The molecule has 2 amide bonds. The number of β-lactam (4-membered cyclic amide) rings is 1. The monoisotopic (exact) mass is 449 g/mol. The number of carboxylic acid groups (broad SMARTS) is 1. The molecular formula is C15H16N5NaO6S2. The number of aromatic nitrogens is 1. The van der Waals surface area contributed by atoms with Crippen molar-refractivity contribution in [3.63, 3.8) is 0 Å². The Morgan fingerprint density at radius 3 is 2.76 bits per heavy atom. The van der Waals surface area contributed by atoms with Gasteiger partial charge in [-0.2, -0.15) is 0 Å². The second-order valence-electron chi connectivity index (χ2n) is 5.73. The molecule has 150 valence electrons. The Hall–Kier alpha value is -1.64. The van der Waals surface area contributed by atoms with Gasteiger partial charge in [0, 0.05) is 18.2 Å². The summed E-state index contributed by atoms with van der Waals surface area (Å²) in [5, 5.41) is 18.9. The largest absolute Gasteiger partial charge is 1.00 e. The summed E-state index contributed by atoms with van der Waals surface area (Å²) < 4.78 is 4.99. The zero-order chi connectivity index (χ0) is 20.4. The number of hydrogen-bond acceptors (Lipinski definition) is 11. The van der Waals surface area contributed by atoms with Crippen molar-refractivity contribution >= 4 is 51.7 Å². The average molecular weight is 449 g/mol. The first-order chi connectivity index (χ1) is 13.4. The summed E-state index contributed by atoms with van der Waals surface area (Å²) in [6, 6.07) is -0.922. The number of ether oxygens (including phenoxy) is 1. The molecule has 3 heterocycles. The minimum atomic E-state index is -1.46. The standard InChI is InChI=1S/C15H17N5O6S2.Na/c1-25-3-6-4-27-13-9(12(22)20(13)10(6)14(23)24)18-11(21)8(19-26-2)7-5-28-15(16)17-7;/h5,9,13H,3-4H2,1-2H3,(H2,16,17)(H,18,21)(H,23,24);/q;+1/p-1/b19-8-;. The summed E-state index contributed by atoms with van der Waals surface area (Å²) in [4.78, 5) is 46.4. The first-order valence-corrected chi connectivity index (χ1v) is 9.82. The number of nitrogens with zero attached hydrogens (tertiary/aromatic N) is 3.